The van der Waals surface area contributed by atoms with E-state index >= 15 is 0 Å². The fourth-order valence-corrected chi connectivity index (χ4v) is 1.67. The van der Waals surface area contributed by atoms with Gasteiger partial charge in [0, 0.05) is 0 Å². The number of hydrogen-bond donors (Lipinski definition) is 0. The molecule has 2 atom stereocenters. The molecule has 0 saturated carbocycles. The fraction of sp³-hybridized carbons (Fsp3) is 0.875. The van der Waals surface area contributed by atoms with E-state index in [1.807, 2.05) is 0 Å². The van der Waals surface area contributed by atoms with Crippen molar-refractivity contribution in [2.75, 3.05) is 13.1 Å². The molecule has 0 aromatic carbocycles. The van der Waals surface area contributed by atoms with Gasteiger partial charge in [-0.25, -0.2) is 0 Å². The van der Waals surface area contributed by atoms with Gasteiger partial charge in [0.05, 0.1) is 0 Å². The molecule has 1 rings (SSSR count). The zero-order valence-electron chi connectivity index (χ0n) is 7.33. The third kappa shape index (κ3) is 2.68. The molecule has 0 aromatic heterocycles. The van der Waals surface area contributed by atoms with Crippen molar-refractivity contribution in [3.8, 4) is 0 Å². The summed E-state index contributed by atoms with van der Waals surface area (Å²) in [5.74, 6) is 0. The average Bonchev–Trinajstić information content (AvgIpc) is 1.85. The van der Waals surface area contributed by atoms with Crippen LogP contribution in [-0.2, 0) is 20.6 Å². The molecule has 1 aliphatic rings. The molecular formula is C8H15CrNO. The maximum absolute atomic E-state index is 5.60. The van der Waals surface area contributed by atoms with E-state index in [9.17, 15) is 0 Å². The molecule has 0 radical (unpaired) electrons. The molecule has 0 spiro atoms. The normalized spacial score (nSPS) is 33.7. The molecule has 1 saturated heterocycles. The molecule has 1 fully saturated rings. The molecule has 64 valence electrons. The number of rotatable bonds is 1. The monoisotopic (exact) mass is 193 g/mol. The van der Waals surface area contributed by atoms with Gasteiger partial charge >= 0.3 is 76.1 Å². The minimum absolute atomic E-state index is 0.363. The third-order valence-electron chi connectivity index (χ3n) is 1.86. The Bertz CT molecular complexity index is 150. The zero-order chi connectivity index (χ0) is 8.43. The quantitative estimate of drug-likeness (QED) is 0.610. The first kappa shape index (κ1) is 9.41. The van der Waals surface area contributed by atoms with Gasteiger partial charge in [0.2, 0.25) is 0 Å². The summed E-state index contributed by atoms with van der Waals surface area (Å²) in [6.45, 7) is 8.37. The van der Waals surface area contributed by atoms with Crippen molar-refractivity contribution < 1.29 is 20.6 Å². The van der Waals surface area contributed by atoms with E-state index in [4.69, 9.17) is 4.74 Å². The summed E-state index contributed by atoms with van der Waals surface area (Å²) in [6.07, 6.45) is 0.726. The molecule has 0 aliphatic carbocycles. The molecule has 3 heteroatoms. The van der Waals surface area contributed by atoms with Crippen LogP contribution in [0.5, 0.6) is 0 Å². The standard InChI is InChI=1S/C8H15NO.Cr/c1-4-9-5-7(2)10-8(3)6-9;/h7-8H,5-6H2,1-3H3;/t7-,8-;/m0./s1. The Kier molecular flexibility index (Phi) is 3.27. The van der Waals surface area contributed by atoms with E-state index in [2.05, 4.69) is 41.5 Å². The first-order valence-electron chi connectivity index (χ1n) is 4.00. The maximum atomic E-state index is 5.60. The van der Waals surface area contributed by atoms with Crippen molar-refractivity contribution in [1.29, 1.82) is 0 Å². The van der Waals surface area contributed by atoms with Gasteiger partial charge < -0.3 is 0 Å². The van der Waals surface area contributed by atoms with Gasteiger partial charge in [-0.15, -0.1) is 0 Å². The first-order chi connectivity index (χ1) is 5.09. The van der Waals surface area contributed by atoms with E-state index < -0.39 is 0 Å². The van der Waals surface area contributed by atoms with Crippen molar-refractivity contribution in [3.05, 3.63) is 0 Å². The number of morpholine rings is 1. The summed E-state index contributed by atoms with van der Waals surface area (Å²) in [5, 5.41) is 0. The summed E-state index contributed by atoms with van der Waals surface area (Å²) in [4.78, 5) is 2.33. The first-order valence-corrected chi connectivity index (χ1v) is 4.64. The van der Waals surface area contributed by atoms with Crippen LogP contribution in [-0.4, -0.2) is 34.7 Å². The molecule has 0 amide bonds. The Balaban J connectivity index is 2.49. The van der Waals surface area contributed by atoms with Crippen LogP contribution in [0.15, 0.2) is 0 Å². The second-order valence-electron chi connectivity index (χ2n) is 3.18. The predicted molar refractivity (Wildman–Crippen MR) is 42.3 cm³/mol. The molecule has 2 nitrogen and oxygen atoms in total. The van der Waals surface area contributed by atoms with Crippen molar-refractivity contribution in [3.63, 3.8) is 0 Å². The van der Waals surface area contributed by atoms with Gasteiger partial charge in [0.1, 0.15) is 0 Å². The van der Waals surface area contributed by atoms with Crippen LogP contribution in [0, 0.1) is 0 Å². The van der Waals surface area contributed by atoms with Gasteiger partial charge in [-0.05, 0) is 0 Å². The van der Waals surface area contributed by atoms with Crippen LogP contribution < -0.4 is 0 Å². The minimum atomic E-state index is 0.363. The predicted octanol–water partition coefficient (Wildman–Crippen LogP) is 0.792. The van der Waals surface area contributed by atoms with Gasteiger partial charge in [-0.2, -0.15) is 0 Å². The van der Waals surface area contributed by atoms with Crippen LogP contribution in [0.3, 0.4) is 0 Å². The van der Waals surface area contributed by atoms with E-state index in [1.54, 1.807) is 0 Å². The van der Waals surface area contributed by atoms with Gasteiger partial charge in [-0.1, -0.05) is 0 Å². The van der Waals surface area contributed by atoms with Gasteiger partial charge in [0.15, 0.2) is 0 Å². The molecule has 0 bridgehead atoms. The van der Waals surface area contributed by atoms with E-state index in [-0.39, 0.29) is 0 Å². The summed E-state index contributed by atoms with van der Waals surface area (Å²) < 4.78 is 6.87. The number of hydrogen-bond acceptors (Lipinski definition) is 2. The van der Waals surface area contributed by atoms with Crippen LogP contribution in [0.4, 0.5) is 0 Å². The Labute approximate surface area is 76.5 Å². The molecule has 11 heavy (non-hydrogen) atoms. The SMILES string of the molecule is C[C](=[Cr])N1C[C@H](C)O[C@@H](C)C1. The Morgan fingerprint density at radius 2 is 1.82 bits per heavy atom. The van der Waals surface area contributed by atoms with Crippen molar-refractivity contribution in [2.45, 2.75) is 33.0 Å². The van der Waals surface area contributed by atoms with Crippen LogP contribution in [0.25, 0.3) is 0 Å². The second-order valence-corrected chi connectivity index (χ2v) is 4.10. The number of nitrogens with zero attached hydrogens (tertiary/aromatic N) is 1. The van der Waals surface area contributed by atoms with Crippen LogP contribution in [0.1, 0.15) is 20.8 Å². The summed E-state index contributed by atoms with van der Waals surface area (Å²) in [6, 6.07) is 0. The third-order valence-corrected chi connectivity index (χ3v) is 2.27. The average molecular weight is 193 g/mol. The molecule has 0 N–H and O–H groups in total. The van der Waals surface area contributed by atoms with Gasteiger partial charge in [0.25, 0.3) is 0 Å². The Morgan fingerprint density at radius 3 is 2.18 bits per heavy atom. The molecule has 1 heterocycles. The van der Waals surface area contributed by atoms with Crippen molar-refractivity contribution >= 4 is 4.50 Å². The second kappa shape index (κ2) is 3.82. The van der Waals surface area contributed by atoms with Crippen LogP contribution in [0.2, 0.25) is 0 Å². The Morgan fingerprint density at radius 1 is 1.36 bits per heavy atom. The Hall–Kier alpha value is 0.322. The van der Waals surface area contributed by atoms with Crippen molar-refractivity contribution in [1.82, 2.24) is 4.90 Å². The fourth-order valence-electron chi connectivity index (χ4n) is 1.44. The number of ether oxygens (including phenoxy) is 1. The molecule has 0 aromatic rings. The van der Waals surface area contributed by atoms with E-state index in [0.717, 1.165) is 13.1 Å². The summed E-state index contributed by atoms with van der Waals surface area (Å²) >= 11 is 3.04. The topological polar surface area (TPSA) is 12.5 Å². The van der Waals surface area contributed by atoms with Crippen LogP contribution >= 0.6 is 0 Å². The molecular weight excluding hydrogens is 178 g/mol. The zero-order valence-corrected chi connectivity index (χ0v) is 8.61. The summed E-state index contributed by atoms with van der Waals surface area (Å²) in [7, 11) is 0. The van der Waals surface area contributed by atoms with Gasteiger partial charge in [-0.3, -0.25) is 0 Å². The molecule has 0 unspecified atom stereocenters. The summed E-state index contributed by atoms with van der Waals surface area (Å²) in [5.41, 5.74) is 0. The van der Waals surface area contributed by atoms with E-state index in [1.165, 1.54) is 4.50 Å². The molecule has 1 aliphatic heterocycles. The van der Waals surface area contributed by atoms with E-state index in [0.29, 0.717) is 12.2 Å². The van der Waals surface area contributed by atoms with Crippen molar-refractivity contribution in [2.24, 2.45) is 0 Å².